The summed E-state index contributed by atoms with van der Waals surface area (Å²) in [5.41, 5.74) is 7.44. The number of nitrogens with two attached hydrogens (primary N) is 1. The highest BCUT2D eigenvalue weighted by Gasteiger charge is 2.32. The van der Waals surface area contributed by atoms with Crippen LogP contribution in [0.25, 0.3) is 0 Å². The summed E-state index contributed by atoms with van der Waals surface area (Å²) < 4.78 is 4.61. The fourth-order valence-corrected chi connectivity index (χ4v) is 7.65. The number of amides is 5. The molecule has 0 aliphatic heterocycles. The molecule has 0 heterocycles. The third-order valence-corrected chi connectivity index (χ3v) is 11.5. The van der Waals surface area contributed by atoms with Crippen molar-refractivity contribution in [2.45, 2.75) is 114 Å². The average Bonchev–Trinajstić information content (AvgIpc) is 3.32. The fraction of sp³-hybridized carbons (Fsp3) is 0.489. The van der Waals surface area contributed by atoms with Crippen molar-refractivity contribution in [2.24, 2.45) is 17.6 Å². The van der Waals surface area contributed by atoms with E-state index in [0.717, 1.165) is 0 Å². The number of unbranched alkanes of at least 4 members (excludes halogenated alkanes) is 1. The van der Waals surface area contributed by atoms with Crippen molar-refractivity contribution in [3.8, 4) is 0 Å². The lowest BCUT2D eigenvalue weighted by molar-refractivity contribution is -0.144. The van der Waals surface area contributed by atoms with E-state index in [-0.39, 0.29) is 82.2 Å². The summed E-state index contributed by atoms with van der Waals surface area (Å²) in [6, 6.07) is 10.6. The first-order valence-electron chi connectivity index (χ1n) is 22.5. The van der Waals surface area contributed by atoms with Crippen molar-refractivity contribution < 1.29 is 82.7 Å². The summed E-state index contributed by atoms with van der Waals surface area (Å²) >= 11 is 1.17. The maximum Gasteiger partial charge on any atom is 0.326 e. The normalized spacial score (nSPS) is 13.8. The molecular weight excluding hydrogens is 953 g/mol. The number of carbonyl (C=O) groups excluding carboxylic acids is 8. The van der Waals surface area contributed by atoms with Crippen molar-refractivity contribution in [3.63, 3.8) is 0 Å². The number of carbonyl (C=O) groups is 12. The minimum Gasteiger partial charge on any atom is -0.481 e. The number of carboxylic acid groups (broad SMARTS) is 4. The van der Waals surface area contributed by atoms with Crippen molar-refractivity contribution in [3.05, 3.63) is 71.8 Å². The molecule has 11 N–H and O–H groups in total. The molecule has 0 spiro atoms. The molecule has 0 saturated carbocycles. The van der Waals surface area contributed by atoms with E-state index in [1.807, 2.05) is 0 Å². The van der Waals surface area contributed by atoms with Crippen molar-refractivity contribution in [1.82, 2.24) is 26.6 Å². The second kappa shape index (κ2) is 32.6. The summed E-state index contributed by atoms with van der Waals surface area (Å²) in [5.74, 6) is -11.4. The van der Waals surface area contributed by atoms with Gasteiger partial charge in [-0.3, -0.25) is 47.9 Å². The topological polar surface area (TPSA) is 381 Å². The number of rotatable bonds is 37. The zero-order valence-electron chi connectivity index (χ0n) is 39.1. The quantitative estimate of drug-likeness (QED) is 0.0256. The first-order chi connectivity index (χ1) is 33.7. The lowest BCUT2D eigenvalue weighted by Gasteiger charge is -2.23. The Bertz CT molecular complexity index is 2150. The van der Waals surface area contributed by atoms with Gasteiger partial charge in [-0.25, -0.2) is 9.59 Å². The predicted octanol–water partition coefficient (Wildman–Crippen LogP) is 0.984. The van der Waals surface area contributed by atoms with E-state index >= 15 is 0 Å². The van der Waals surface area contributed by atoms with Crippen molar-refractivity contribution >= 4 is 83.2 Å². The highest BCUT2D eigenvalue weighted by Crippen LogP contribution is 2.18. The van der Waals surface area contributed by atoms with Gasteiger partial charge in [0.15, 0.2) is 17.8 Å². The number of urea groups is 1. The van der Waals surface area contributed by atoms with Crippen LogP contribution >= 0.6 is 11.8 Å². The molecule has 0 saturated heterocycles. The van der Waals surface area contributed by atoms with Gasteiger partial charge in [0.05, 0.1) is 30.8 Å². The van der Waals surface area contributed by atoms with E-state index in [1.165, 1.54) is 11.8 Å². The number of aliphatic carboxylic acids is 4. The van der Waals surface area contributed by atoms with Crippen LogP contribution in [0.4, 0.5) is 4.79 Å². The Labute approximate surface area is 413 Å². The molecule has 0 unspecified atom stereocenters. The van der Waals surface area contributed by atoms with Crippen LogP contribution in [-0.4, -0.2) is 141 Å². The molecule has 388 valence electrons. The maximum atomic E-state index is 14.1. The van der Waals surface area contributed by atoms with Gasteiger partial charge in [0.25, 0.3) is 6.47 Å². The Balaban J connectivity index is 2.08. The van der Waals surface area contributed by atoms with Gasteiger partial charge in [-0.15, -0.1) is 0 Å². The Morgan fingerprint density at radius 3 is 1.77 bits per heavy atom. The molecular formula is C47H62N6O17S. The Hall–Kier alpha value is -7.21. The maximum absolute atomic E-state index is 14.1. The van der Waals surface area contributed by atoms with Gasteiger partial charge in [-0.05, 0) is 49.5 Å². The van der Waals surface area contributed by atoms with Crippen molar-refractivity contribution in [2.75, 3.05) is 18.6 Å². The first-order valence-corrected chi connectivity index (χ1v) is 23.9. The molecule has 24 heteroatoms. The Morgan fingerprint density at radius 2 is 1.21 bits per heavy atom. The van der Waals surface area contributed by atoms with Gasteiger partial charge >= 0.3 is 29.9 Å². The van der Waals surface area contributed by atoms with E-state index in [2.05, 4.69) is 31.3 Å². The molecule has 5 amide bonds. The number of thioether (sulfide) groups is 1. The molecule has 0 aliphatic rings. The number of hydrogen-bond donors (Lipinski definition) is 10. The summed E-state index contributed by atoms with van der Waals surface area (Å²) in [6.45, 7) is -0.510. The number of carboxylic acids is 4. The van der Waals surface area contributed by atoms with Gasteiger partial charge in [0.2, 0.25) is 17.7 Å². The standard InChI is InChI=1S/C47H62N6O17S/c1-71-26-31(45(65)66)23-38(57)36(24-42(61)62)51-44(64)33(48)25-49-43(63)30(20-28-10-4-2-5-11-28)22-37(56)35(21-29-12-6-3-7-13-29)50-39(58)15-9-8-14-32(55)16-17-34(46(67)68)52-47(69)53-40(70-27-54)18-19-41(59)60/h2-7,10-13,27,30-31,33-36,40H,8-9,14-26,48H2,1H3,(H,49,63)(H,50,58)(H,51,64)(H,59,60)(H,61,62)(H,65,66)(H,67,68)(H2,52,53,69)/t30-,31+,33+,34+,35+,36+,40-/m1/s1. The van der Waals surface area contributed by atoms with Crippen LogP contribution in [0.2, 0.25) is 0 Å². The van der Waals surface area contributed by atoms with Gasteiger partial charge in [-0.1, -0.05) is 60.7 Å². The lowest BCUT2D eigenvalue weighted by atomic mass is 9.89. The Kier molecular flexibility index (Phi) is 27.5. The number of hydrogen-bond acceptors (Lipinski definition) is 15. The molecule has 0 bridgehead atoms. The van der Waals surface area contributed by atoms with Gasteiger partial charge in [0, 0.05) is 56.7 Å². The molecule has 2 rings (SSSR count). The molecule has 0 aliphatic carbocycles. The van der Waals surface area contributed by atoms with Gasteiger partial charge in [-0.2, -0.15) is 11.8 Å². The molecule has 23 nitrogen and oxygen atoms in total. The van der Waals surface area contributed by atoms with Crippen LogP contribution in [-0.2, 0) is 70.3 Å². The molecule has 0 aromatic heterocycles. The molecule has 2 aromatic carbocycles. The summed E-state index contributed by atoms with van der Waals surface area (Å²) in [4.78, 5) is 149. The third kappa shape index (κ3) is 24.8. The number of nitrogens with one attached hydrogen (secondary N) is 5. The van der Waals surface area contributed by atoms with Crippen LogP contribution in [0, 0.1) is 11.8 Å². The van der Waals surface area contributed by atoms with E-state index in [0.29, 0.717) is 11.1 Å². The number of ketones is 3. The molecule has 0 fully saturated rings. The zero-order valence-corrected chi connectivity index (χ0v) is 39.9. The number of benzene rings is 2. The van der Waals surface area contributed by atoms with Gasteiger partial charge < -0.3 is 57.5 Å². The molecule has 71 heavy (non-hydrogen) atoms. The average molecular weight is 1020 g/mol. The number of ether oxygens (including phenoxy) is 1. The molecule has 2 aromatic rings. The summed E-state index contributed by atoms with van der Waals surface area (Å²) in [5, 5.41) is 49.1. The van der Waals surface area contributed by atoms with Crippen LogP contribution in [0.5, 0.6) is 0 Å². The highest BCUT2D eigenvalue weighted by atomic mass is 32.2. The highest BCUT2D eigenvalue weighted by molar-refractivity contribution is 7.98. The zero-order chi connectivity index (χ0) is 52.9. The van der Waals surface area contributed by atoms with Crippen molar-refractivity contribution in [1.29, 1.82) is 0 Å². The molecule has 0 radical (unpaired) electrons. The predicted molar refractivity (Wildman–Crippen MR) is 253 cm³/mol. The smallest absolute Gasteiger partial charge is 0.326 e. The third-order valence-electron chi connectivity index (χ3n) is 10.8. The van der Waals surface area contributed by atoms with Crippen LogP contribution < -0.4 is 32.3 Å². The summed E-state index contributed by atoms with van der Waals surface area (Å²) in [7, 11) is 0. The SMILES string of the molecule is CSC[C@H](CC(=O)[C@H](CC(=O)O)NC(=O)[C@@H](N)CNC(=O)[C@@H](CC(=O)[C@H](Cc1ccccc1)NC(=O)CCCCC(=O)CC[C@H](NC(=O)N[C@@H](CCC(=O)O)OC=O)C(=O)O)Cc1ccccc1)C(=O)O. The van der Waals surface area contributed by atoms with Crippen LogP contribution in [0.1, 0.15) is 81.8 Å². The van der Waals surface area contributed by atoms with E-state index in [9.17, 15) is 72.9 Å². The molecule has 7 atom stereocenters. The second-order valence-corrected chi connectivity index (χ2v) is 17.4. The monoisotopic (exact) mass is 1010 g/mol. The minimum absolute atomic E-state index is 0.0105. The van der Waals surface area contributed by atoms with Crippen LogP contribution in [0.3, 0.4) is 0 Å². The fourth-order valence-electron chi connectivity index (χ4n) is 6.99. The summed E-state index contributed by atoms with van der Waals surface area (Å²) in [6.07, 6.45) is -2.43. The number of Topliss-reactive ketones (excluding diaryl/α,β-unsaturated/α-hetero) is 3. The minimum atomic E-state index is -1.60. The Morgan fingerprint density at radius 1 is 0.620 bits per heavy atom. The van der Waals surface area contributed by atoms with Gasteiger partial charge in [0.1, 0.15) is 17.9 Å². The second-order valence-electron chi connectivity index (χ2n) is 16.5. The van der Waals surface area contributed by atoms with E-state index in [1.54, 1.807) is 66.9 Å². The first kappa shape index (κ1) is 59.9. The van der Waals surface area contributed by atoms with E-state index in [4.69, 9.17) is 10.8 Å². The van der Waals surface area contributed by atoms with Crippen LogP contribution in [0.15, 0.2) is 60.7 Å². The lowest BCUT2D eigenvalue weighted by Crippen LogP contribution is -2.53. The largest absolute Gasteiger partial charge is 0.481 e. The van der Waals surface area contributed by atoms with E-state index < -0.39 is 127 Å².